The molecule has 1 heterocycles. The van der Waals surface area contributed by atoms with E-state index in [0.29, 0.717) is 0 Å². The first-order chi connectivity index (χ1) is 11.0. The summed E-state index contributed by atoms with van der Waals surface area (Å²) in [6.07, 6.45) is 3.08. The van der Waals surface area contributed by atoms with Crippen molar-refractivity contribution in [3.63, 3.8) is 0 Å². The molecule has 0 bridgehead atoms. The maximum atomic E-state index is 12.1. The highest BCUT2D eigenvalue weighted by Gasteiger charge is 2.18. The van der Waals surface area contributed by atoms with Crippen LogP contribution in [0.15, 0.2) is 18.2 Å². The van der Waals surface area contributed by atoms with Gasteiger partial charge in [-0.2, -0.15) is 0 Å². The average molecular weight is 318 g/mol. The third-order valence-corrected chi connectivity index (χ3v) is 4.85. The number of nitrogens with one attached hydrogen (secondary N) is 1. The van der Waals surface area contributed by atoms with Crippen molar-refractivity contribution >= 4 is 5.91 Å². The highest BCUT2D eigenvalue weighted by Crippen LogP contribution is 2.19. The summed E-state index contributed by atoms with van der Waals surface area (Å²) in [7, 11) is 2.17. The lowest BCUT2D eigenvalue weighted by molar-refractivity contribution is -0.127. The van der Waals surface area contributed by atoms with Crippen LogP contribution in [0.1, 0.15) is 37.3 Å². The van der Waals surface area contributed by atoms with E-state index in [1.54, 1.807) is 6.92 Å². The molecule has 1 N–H and O–H groups in total. The van der Waals surface area contributed by atoms with E-state index in [1.807, 2.05) is 18.2 Å². The van der Waals surface area contributed by atoms with E-state index >= 15 is 0 Å². The minimum atomic E-state index is -0.463. The molecule has 0 spiro atoms. The fraction of sp³-hybridized carbons (Fsp3) is 0.632. The van der Waals surface area contributed by atoms with Crippen molar-refractivity contribution in [2.45, 2.75) is 46.1 Å². The maximum Gasteiger partial charge on any atom is 0.260 e. The lowest BCUT2D eigenvalue weighted by Crippen LogP contribution is -2.38. The second-order valence-corrected chi connectivity index (χ2v) is 6.83. The molecule has 1 saturated heterocycles. The minimum absolute atomic E-state index is 0.0313. The molecule has 0 aliphatic carbocycles. The summed E-state index contributed by atoms with van der Waals surface area (Å²) in [6.45, 7) is 9.01. The third-order valence-electron chi connectivity index (χ3n) is 4.85. The van der Waals surface area contributed by atoms with Crippen LogP contribution in [0.3, 0.4) is 0 Å². The summed E-state index contributed by atoms with van der Waals surface area (Å²) >= 11 is 0. The fourth-order valence-electron chi connectivity index (χ4n) is 2.94. The Hall–Kier alpha value is -1.55. The lowest BCUT2D eigenvalue weighted by Gasteiger charge is -2.29. The number of amides is 1. The molecule has 1 aromatic rings. The summed E-state index contributed by atoms with van der Waals surface area (Å²) in [6, 6.07) is 5.93. The molecule has 0 radical (unpaired) electrons. The highest BCUT2D eigenvalue weighted by molar-refractivity contribution is 5.80. The van der Waals surface area contributed by atoms with E-state index in [0.717, 1.165) is 24.6 Å². The minimum Gasteiger partial charge on any atom is -0.481 e. The van der Waals surface area contributed by atoms with Gasteiger partial charge in [-0.05, 0) is 89.3 Å². The predicted octanol–water partition coefficient (Wildman–Crippen LogP) is 2.92. The molecule has 2 rings (SSSR count). The largest absolute Gasteiger partial charge is 0.481 e. The number of carbonyl (C=O) groups excluding carboxylic acids is 1. The van der Waals surface area contributed by atoms with Gasteiger partial charge in [0.1, 0.15) is 5.75 Å². The number of piperidine rings is 1. The van der Waals surface area contributed by atoms with Gasteiger partial charge >= 0.3 is 0 Å². The number of hydrogen-bond donors (Lipinski definition) is 1. The molecule has 1 aliphatic heterocycles. The van der Waals surface area contributed by atoms with Crippen LogP contribution in [0.4, 0.5) is 0 Å². The smallest absolute Gasteiger partial charge is 0.260 e. The normalized spacial score (nSPS) is 17.7. The lowest BCUT2D eigenvalue weighted by atomic mass is 9.94. The highest BCUT2D eigenvalue weighted by atomic mass is 16.5. The van der Waals surface area contributed by atoms with Crippen molar-refractivity contribution in [3.05, 3.63) is 29.3 Å². The number of carbonyl (C=O) groups is 1. The summed E-state index contributed by atoms with van der Waals surface area (Å²) in [5.41, 5.74) is 2.41. The zero-order chi connectivity index (χ0) is 16.8. The van der Waals surface area contributed by atoms with Gasteiger partial charge in [-0.1, -0.05) is 6.07 Å². The molecule has 1 atom stereocenters. The van der Waals surface area contributed by atoms with Crippen molar-refractivity contribution in [2.75, 3.05) is 26.7 Å². The molecule has 4 heteroatoms. The van der Waals surface area contributed by atoms with E-state index in [-0.39, 0.29) is 5.91 Å². The van der Waals surface area contributed by atoms with Crippen LogP contribution < -0.4 is 10.1 Å². The molecule has 1 fully saturated rings. The first-order valence-corrected chi connectivity index (χ1v) is 8.66. The van der Waals surface area contributed by atoms with E-state index in [4.69, 9.17) is 4.74 Å². The third kappa shape index (κ3) is 5.54. The van der Waals surface area contributed by atoms with Gasteiger partial charge in [-0.15, -0.1) is 0 Å². The van der Waals surface area contributed by atoms with Crippen LogP contribution in [0.25, 0.3) is 0 Å². The molecule has 1 aromatic carbocycles. The van der Waals surface area contributed by atoms with Gasteiger partial charge in [0, 0.05) is 6.54 Å². The Kier molecular flexibility index (Phi) is 6.46. The van der Waals surface area contributed by atoms with E-state index in [2.05, 4.69) is 31.1 Å². The number of aryl methyl sites for hydroxylation is 2. The second-order valence-electron chi connectivity index (χ2n) is 6.83. The molecule has 0 aromatic heterocycles. The van der Waals surface area contributed by atoms with Crippen LogP contribution in [-0.2, 0) is 4.79 Å². The molecule has 0 saturated carbocycles. The molecule has 4 nitrogen and oxygen atoms in total. The molecule has 1 aliphatic rings. The summed E-state index contributed by atoms with van der Waals surface area (Å²) < 4.78 is 5.75. The second kappa shape index (κ2) is 8.34. The quantitative estimate of drug-likeness (QED) is 0.877. The van der Waals surface area contributed by atoms with E-state index in [1.165, 1.54) is 37.1 Å². The summed E-state index contributed by atoms with van der Waals surface area (Å²) in [4.78, 5) is 14.5. The zero-order valence-electron chi connectivity index (χ0n) is 14.9. The molecule has 23 heavy (non-hydrogen) atoms. The monoisotopic (exact) mass is 318 g/mol. The molecule has 0 unspecified atom stereocenters. The van der Waals surface area contributed by atoms with Crippen molar-refractivity contribution in [2.24, 2.45) is 5.92 Å². The van der Waals surface area contributed by atoms with Gasteiger partial charge < -0.3 is 15.0 Å². The number of likely N-dealkylation sites (tertiary alicyclic amines) is 1. The predicted molar refractivity (Wildman–Crippen MR) is 93.9 cm³/mol. The number of nitrogens with zero attached hydrogens (tertiary/aromatic N) is 1. The standard InChI is InChI=1S/C19H30N2O2/c1-14-5-6-18(13-15(14)2)23-16(3)19(22)20-10-7-17-8-11-21(4)12-9-17/h5-6,13,16-17H,7-12H2,1-4H3,(H,20,22)/t16-/m0/s1. The molecular formula is C19H30N2O2. The van der Waals surface area contributed by atoms with Gasteiger partial charge in [0.15, 0.2) is 6.10 Å². The van der Waals surface area contributed by atoms with Gasteiger partial charge in [-0.25, -0.2) is 0 Å². The molecule has 128 valence electrons. The number of benzene rings is 1. The van der Waals surface area contributed by atoms with Gasteiger partial charge in [0.25, 0.3) is 5.91 Å². The topological polar surface area (TPSA) is 41.6 Å². The first-order valence-electron chi connectivity index (χ1n) is 8.66. The van der Waals surface area contributed by atoms with Crippen LogP contribution in [0.5, 0.6) is 5.75 Å². The van der Waals surface area contributed by atoms with Crippen LogP contribution in [0, 0.1) is 19.8 Å². The van der Waals surface area contributed by atoms with Crippen molar-refractivity contribution < 1.29 is 9.53 Å². The Labute approximate surface area is 140 Å². The average Bonchev–Trinajstić information content (AvgIpc) is 2.52. The van der Waals surface area contributed by atoms with E-state index in [9.17, 15) is 4.79 Å². The zero-order valence-corrected chi connectivity index (χ0v) is 14.9. The van der Waals surface area contributed by atoms with Crippen molar-refractivity contribution in [3.8, 4) is 5.75 Å². The van der Waals surface area contributed by atoms with Gasteiger partial charge in [0.05, 0.1) is 0 Å². The Bertz CT molecular complexity index is 522. The number of hydrogen-bond acceptors (Lipinski definition) is 3. The Morgan fingerprint density at radius 3 is 2.65 bits per heavy atom. The molecular weight excluding hydrogens is 288 g/mol. The SMILES string of the molecule is Cc1ccc(O[C@@H](C)C(=O)NCCC2CCN(C)CC2)cc1C. The Morgan fingerprint density at radius 2 is 2.00 bits per heavy atom. The Morgan fingerprint density at radius 1 is 1.30 bits per heavy atom. The fourth-order valence-corrected chi connectivity index (χ4v) is 2.94. The summed E-state index contributed by atoms with van der Waals surface area (Å²) in [5.74, 6) is 1.46. The van der Waals surface area contributed by atoms with Crippen LogP contribution in [-0.4, -0.2) is 43.6 Å². The van der Waals surface area contributed by atoms with E-state index < -0.39 is 6.10 Å². The Balaban J connectivity index is 1.71. The summed E-state index contributed by atoms with van der Waals surface area (Å²) in [5, 5.41) is 3.01. The van der Waals surface area contributed by atoms with Crippen LogP contribution >= 0.6 is 0 Å². The van der Waals surface area contributed by atoms with Crippen LogP contribution in [0.2, 0.25) is 0 Å². The first kappa shape index (κ1) is 17.8. The van der Waals surface area contributed by atoms with Gasteiger partial charge in [0.2, 0.25) is 0 Å². The molecule has 1 amide bonds. The van der Waals surface area contributed by atoms with Crippen molar-refractivity contribution in [1.82, 2.24) is 10.2 Å². The van der Waals surface area contributed by atoms with Crippen molar-refractivity contribution in [1.29, 1.82) is 0 Å². The van der Waals surface area contributed by atoms with Gasteiger partial charge in [-0.3, -0.25) is 4.79 Å². The number of rotatable bonds is 6. The maximum absolute atomic E-state index is 12.1. The number of ether oxygens (including phenoxy) is 1.